The van der Waals surface area contributed by atoms with Gasteiger partial charge < -0.3 is 15.4 Å². The Balaban J connectivity index is 0.00000220. The van der Waals surface area contributed by atoms with Gasteiger partial charge in [-0.3, -0.25) is 4.79 Å². The van der Waals surface area contributed by atoms with E-state index in [1.165, 1.54) is 4.90 Å². The molecule has 124 valence electrons. The van der Waals surface area contributed by atoms with Gasteiger partial charge in [-0.25, -0.2) is 0 Å². The van der Waals surface area contributed by atoms with Crippen molar-refractivity contribution in [1.82, 2.24) is 4.90 Å². The zero-order valence-corrected chi connectivity index (χ0v) is 12.6. The van der Waals surface area contributed by atoms with E-state index < -0.39 is 18.1 Å². The summed E-state index contributed by atoms with van der Waals surface area (Å²) in [5.41, 5.74) is 5.95. The first-order valence-electron chi connectivity index (χ1n) is 7.08. The van der Waals surface area contributed by atoms with Crippen molar-refractivity contribution in [3.05, 3.63) is 0 Å². The molecule has 0 aromatic rings. The van der Waals surface area contributed by atoms with Gasteiger partial charge in [-0.2, -0.15) is 13.2 Å². The predicted octanol–water partition coefficient (Wildman–Crippen LogP) is 1.96. The second-order valence-corrected chi connectivity index (χ2v) is 5.64. The first-order chi connectivity index (χ1) is 9.39. The fourth-order valence-corrected chi connectivity index (χ4v) is 2.93. The van der Waals surface area contributed by atoms with Gasteiger partial charge in [0.05, 0.1) is 12.0 Å². The molecule has 0 saturated carbocycles. The fraction of sp³-hybridized carbons (Fsp3) is 0.923. The molecule has 2 rings (SSSR count). The maximum atomic E-state index is 12.7. The number of carbonyl (C=O) groups excluding carboxylic acids is 1. The van der Waals surface area contributed by atoms with Crippen LogP contribution in [0.15, 0.2) is 0 Å². The lowest BCUT2D eigenvalue weighted by Crippen LogP contribution is -2.53. The third kappa shape index (κ3) is 4.72. The van der Waals surface area contributed by atoms with E-state index in [2.05, 4.69) is 0 Å². The molecule has 1 amide bonds. The Bertz CT molecular complexity index is 349. The minimum Gasteiger partial charge on any atom is -0.381 e. The highest BCUT2D eigenvalue weighted by Crippen LogP contribution is 2.33. The number of likely N-dealkylation sites (tertiary alicyclic amines) is 1. The van der Waals surface area contributed by atoms with Crippen LogP contribution < -0.4 is 5.73 Å². The molecule has 0 bridgehead atoms. The van der Waals surface area contributed by atoms with E-state index in [-0.39, 0.29) is 37.2 Å². The molecule has 0 aromatic carbocycles. The van der Waals surface area contributed by atoms with Gasteiger partial charge in [0.25, 0.3) is 0 Å². The summed E-state index contributed by atoms with van der Waals surface area (Å²) in [6.07, 6.45) is -2.36. The second kappa shape index (κ2) is 7.65. The molecule has 2 aliphatic heterocycles. The van der Waals surface area contributed by atoms with E-state index in [0.717, 1.165) is 0 Å². The van der Waals surface area contributed by atoms with Crippen molar-refractivity contribution < 1.29 is 22.7 Å². The van der Waals surface area contributed by atoms with Crippen molar-refractivity contribution in [3.63, 3.8) is 0 Å². The smallest absolute Gasteiger partial charge is 0.381 e. The number of alkyl halides is 3. The zero-order valence-electron chi connectivity index (χ0n) is 11.8. The van der Waals surface area contributed by atoms with Crippen LogP contribution in [0.5, 0.6) is 0 Å². The van der Waals surface area contributed by atoms with E-state index in [9.17, 15) is 18.0 Å². The van der Waals surface area contributed by atoms with Crippen molar-refractivity contribution in [2.45, 2.75) is 37.9 Å². The molecule has 2 heterocycles. The lowest BCUT2D eigenvalue weighted by atomic mass is 9.90. The SMILES string of the molecule is Cl.NC(C(=O)N1CCCC(C(F)(F)F)C1)C1CCOCC1. The van der Waals surface area contributed by atoms with Crippen LogP contribution in [0.2, 0.25) is 0 Å². The topological polar surface area (TPSA) is 55.6 Å². The number of ether oxygens (including phenoxy) is 1. The molecule has 2 atom stereocenters. The van der Waals surface area contributed by atoms with Gasteiger partial charge in [-0.15, -0.1) is 12.4 Å². The highest BCUT2D eigenvalue weighted by atomic mass is 35.5. The second-order valence-electron chi connectivity index (χ2n) is 5.64. The molecule has 2 N–H and O–H groups in total. The van der Waals surface area contributed by atoms with Gasteiger partial charge in [0, 0.05) is 26.3 Å². The molecular weight excluding hydrogens is 309 g/mol. The van der Waals surface area contributed by atoms with Gasteiger partial charge in [0.1, 0.15) is 0 Å². The number of halogens is 4. The van der Waals surface area contributed by atoms with Crippen molar-refractivity contribution in [1.29, 1.82) is 0 Å². The molecule has 8 heteroatoms. The van der Waals surface area contributed by atoms with Gasteiger partial charge in [-0.1, -0.05) is 0 Å². The van der Waals surface area contributed by atoms with Crippen LogP contribution >= 0.6 is 12.4 Å². The van der Waals surface area contributed by atoms with E-state index in [1.54, 1.807) is 0 Å². The monoisotopic (exact) mass is 330 g/mol. The largest absolute Gasteiger partial charge is 0.393 e. The van der Waals surface area contributed by atoms with Crippen molar-refractivity contribution >= 4 is 18.3 Å². The normalized spacial score (nSPS) is 26.1. The molecule has 0 aliphatic carbocycles. The van der Waals surface area contributed by atoms with Crippen molar-refractivity contribution in [2.24, 2.45) is 17.6 Å². The third-order valence-corrected chi connectivity index (χ3v) is 4.25. The molecule has 2 fully saturated rings. The van der Waals surface area contributed by atoms with E-state index in [4.69, 9.17) is 10.5 Å². The van der Waals surface area contributed by atoms with Crippen LogP contribution in [0.3, 0.4) is 0 Å². The summed E-state index contributed by atoms with van der Waals surface area (Å²) in [6.45, 7) is 1.26. The Labute approximate surface area is 128 Å². The van der Waals surface area contributed by atoms with Gasteiger partial charge in [0.15, 0.2) is 0 Å². The lowest BCUT2D eigenvalue weighted by molar-refractivity contribution is -0.188. The van der Waals surface area contributed by atoms with Crippen LogP contribution in [-0.4, -0.2) is 49.3 Å². The summed E-state index contributed by atoms with van der Waals surface area (Å²) in [4.78, 5) is 13.6. The summed E-state index contributed by atoms with van der Waals surface area (Å²) < 4.78 is 43.5. The molecular formula is C13H22ClF3N2O2. The summed E-state index contributed by atoms with van der Waals surface area (Å²) in [7, 11) is 0. The molecule has 0 radical (unpaired) electrons. The number of hydrogen-bond donors (Lipinski definition) is 1. The third-order valence-electron chi connectivity index (χ3n) is 4.25. The number of rotatable bonds is 2. The Morgan fingerprint density at radius 2 is 1.86 bits per heavy atom. The Morgan fingerprint density at radius 3 is 2.43 bits per heavy atom. The standard InChI is InChI=1S/C13H21F3N2O2.ClH/c14-13(15,16)10-2-1-5-18(8-10)12(19)11(17)9-3-6-20-7-4-9;/h9-11H,1-8,17H2;1H. The number of hydrogen-bond acceptors (Lipinski definition) is 3. The number of nitrogens with zero attached hydrogens (tertiary/aromatic N) is 1. The zero-order chi connectivity index (χ0) is 14.8. The molecule has 0 spiro atoms. The van der Waals surface area contributed by atoms with Crippen LogP contribution in [0.4, 0.5) is 13.2 Å². The average molecular weight is 331 g/mol. The maximum absolute atomic E-state index is 12.7. The first-order valence-corrected chi connectivity index (χ1v) is 7.08. The predicted molar refractivity (Wildman–Crippen MR) is 74.1 cm³/mol. The van der Waals surface area contributed by atoms with Crippen molar-refractivity contribution in [2.75, 3.05) is 26.3 Å². The maximum Gasteiger partial charge on any atom is 0.393 e. The minimum absolute atomic E-state index is 0. The minimum atomic E-state index is -4.23. The number of nitrogens with two attached hydrogens (primary N) is 1. The molecule has 0 aromatic heterocycles. The summed E-state index contributed by atoms with van der Waals surface area (Å²) in [5, 5.41) is 0. The highest BCUT2D eigenvalue weighted by molar-refractivity contribution is 5.85. The molecule has 2 aliphatic rings. The van der Waals surface area contributed by atoms with Crippen molar-refractivity contribution in [3.8, 4) is 0 Å². The summed E-state index contributed by atoms with van der Waals surface area (Å²) in [5.74, 6) is -1.74. The van der Waals surface area contributed by atoms with E-state index in [1.807, 2.05) is 0 Å². The van der Waals surface area contributed by atoms with E-state index in [0.29, 0.717) is 39.0 Å². The molecule has 2 unspecified atom stereocenters. The van der Waals surface area contributed by atoms with Gasteiger partial charge >= 0.3 is 6.18 Å². The Hall–Kier alpha value is -0.530. The number of amides is 1. The Morgan fingerprint density at radius 1 is 1.24 bits per heavy atom. The molecule has 4 nitrogen and oxygen atoms in total. The first kappa shape index (κ1) is 18.5. The van der Waals surface area contributed by atoms with Crippen LogP contribution in [0.25, 0.3) is 0 Å². The summed E-state index contributed by atoms with van der Waals surface area (Å²) >= 11 is 0. The average Bonchev–Trinajstić information content (AvgIpc) is 2.46. The van der Waals surface area contributed by atoms with Crippen LogP contribution in [-0.2, 0) is 9.53 Å². The Kier molecular flexibility index (Phi) is 6.74. The van der Waals surface area contributed by atoms with Crippen LogP contribution in [0, 0.1) is 11.8 Å². The number of carbonyl (C=O) groups is 1. The number of piperidine rings is 1. The van der Waals surface area contributed by atoms with Gasteiger partial charge in [-0.05, 0) is 31.6 Å². The van der Waals surface area contributed by atoms with E-state index >= 15 is 0 Å². The summed E-state index contributed by atoms with van der Waals surface area (Å²) in [6, 6.07) is -0.703. The fourth-order valence-electron chi connectivity index (χ4n) is 2.93. The molecule has 2 saturated heterocycles. The highest BCUT2D eigenvalue weighted by Gasteiger charge is 2.43. The van der Waals surface area contributed by atoms with Gasteiger partial charge in [0.2, 0.25) is 5.91 Å². The molecule has 21 heavy (non-hydrogen) atoms. The van der Waals surface area contributed by atoms with Crippen LogP contribution in [0.1, 0.15) is 25.7 Å². The lowest BCUT2D eigenvalue weighted by Gasteiger charge is -2.37. The quantitative estimate of drug-likeness (QED) is 0.842.